The van der Waals surface area contributed by atoms with Gasteiger partial charge in [0.2, 0.25) is 0 Å². The number of nitrogen functional groups attached to an aromatic ring is 1. The van der Waals surface area contributed by atoms with Gasteiger partial charge in [0.05, 0.1) is 49.5 Å². The summed E-state index contributed by atoms with van der Waals surface area (Å²) in [6, 6.07) is 13.9. The Hall–Kier alpha value is -3.49. The van der Waals surface area contributed by atoms with Crippen molar-refractivity contribution in [2.75, 3.05) is 25.1 Å². The predicted octanol–water partition coefficient (Wildman–Crippen LogP) is 3.79. The van der Waals surface area contributed by atoms with Gasteiger partial charge in [-0.1, -0.05) is 51.8 Å². The number of hydrogen-bond acceptors (Lipinski definition) is 11. The Morgan fingerprint density at radius 1 is 1.17 bits per heavy atom. The van der Waals surface area contributed by atoms with E-state index >= 15 is 0 Å². The number of benzene rings is 1. The second kappa shape index (κ2) is 13.7. The topological polar surface area (TPSA) is 182 Å². The second-order valence-corrected chi connectivity index (χ2v) is 12.8. The lowest BCUT2D eigenvalue weighted by Gasteiger charge is -2.27. The lowest BCUT2D eigenvalue weighted by atomic mass is 9.87. The van der Waals surface area contributed by atoms with Crippen LogP contribution in [0.25, 0.3) is 5.52 Å². The molecule has 1 unspecified atom stereocenters. The summed E-state index contributed by atoms with van der Waals surface area (Å²) >= 11 is 0. The van der Waals surface area contributed by atoms with Gasteiger partial charge in [-0.3, -0.25) is 9.32 Å². The van der Waals surface area contributed by atoms with E-state index in [1.54, 1.807) is 49.4 Å². The molecule has 2 aromatic heterocycles. The molecule has 0 spiro atoms. The fourth-order valence-corrected chi connectivity index (χ4v) is 7.27. The summed E-state index contributed by atoms with van der Waals surface area (Å²) in [7, 11) is -4.03. The molecule has 4 rings (SSSR count). The standard InChI is InChI=1S/C29H38N5O7P/c1-4-19(5-2)14-39-29(37)18(3)16-42(38,41-20-9-7-6-8-10-20)40-15-22-25(21(13-30)26(35)27(22)36)23-11-12-24-28(31)32-17-33-34(23)24/h6-12,17-19,21-22,25-27,35-36H,4-5,14-16H2,1-3H3,(H2,31,32,33)/t18-,21+,22+,25?,26+,27-,42+/m1/s1. The number of carbonyl (C=O) groups excluding carboxylic acids is 1. The normalized spacial score (nSPS) is 24.3. The highest BCUT2D eigenvalue weighted by atomic mass is 31.2. The van der Waals surface area contributed by atoms with Crippen LogP contribution < -0.4 is 10.3 Å². The predicted molar refractivity (Wildman–Crippen MR) is 154 cm³/mol. The zero-order valence-electron chi connectivity index (χ0n) is 23.9. The van der Waals surface area contributed by atoms with E-state index in [-0.39, 0.29) is 36.9 Å². The first-order chi connectivity index (χ1) is 20.1. The number of nitrogens with two attached hydrogens (primary N) is 1. The van der Waals surface area contributed by atoms with E-state index in [2.05, 4.69) is 16.2 Å². The van der Waals surface area contributed by atoms with Crippen molar-refractivity contribution in [3.63, 3.8) is 0 Å². The molecule has 1 aliphatic carbocycles. The molecule has 1 fully saturated rings. The molecule has 226 valence electrons. The van der Waals surface area contributed by atoms with Gasteiger partial charge in [0.25, 0.3) is 0 Å². The van der Waals surface area contributed by atoms with E-state index < -0.39 is 49.4 Å². The minimum absolute atomic E-state index is 0.225. The van der Waals surface area contributed by atoms with E-state index in [0.29, 0.717) is 11.2 Å². The molecule has 0 radical (unpaired) electrons. The molecule has 42 heavy (non-hydrogen) atoms. The number of rotatable bonds is 13. The number of para-hydroxylation sites is 1. The van der Waals surface area contributed by atoms with Crippen LogP contribution in [0.5, 0.6) is 5.75 Å². The summed E-state index contributed by atoms with van der Waals surface area (Å²) in [5, 5.41) is 36.0. The van der Waals surface area contributed by atoms with Crippen molar-refractivity contribution < 1.29 is 33.4 Å². The van der Waals surface area contributed by atoms with Crippen molar-refractivity contribution in [3.8, 4) is 11.8 Å². The number of nitriles is 1. The van der Waals surface area contributed by atoms with E-state index in [0.717, 1.165) is 12.8 Å². The fraction of sp³-hybridized carbons (Fsp3) is 0.517. The van der Waals surface area contributed by atoms with Crippen LogP contribution in [0.4, 0.5) is 5.82 Å². The van der Waals surface area contributed by atoms with E-state index in [4.69, 9.17) is 19.5 Å². The van der Waals surface area contributed by atoms with E-state index in [1.165, 1.54) is 10.8 Å². The highest BCUT2D eigenvalue weighted by Crippen LogP contribution is 2.53. The Balaban J connectivity index is 1.59. The Bertz CT molecular complexity index is 1440. The molecule has 13 heteroatoms. The van der Waals surface area contributed by atoms with Crippen molar-refractivity contribution in [3.05, 3.63) is 54.5 Å². The van der Waals surface area contributed by atoms with Crippen molar-refractivity contribution in [2.24, 2.45) is 23.7 Å². The number of ether oxygens (including phenoxy) is 1. The van der Waals surface area contributed by atoms with Crippen LogP contribution in [-0.4, -0.2) is 62.4 Å². The number of aliphatic hydroxyl groups excluding tert-OH is 2. The average molecular weight is 600 g/mol. The molecule has 1 saturated carbocycles. The summed E-state index contributed by atoms with van der Waals surface area (Å²) in [5.41, 5.74) is 6.99. The summed E-state index contributed by atoms with van der Waals surface area (Å²) in [6.07, 6.45) is -0.0471. The van der Waals surface area contributed by atoms with Crippen LogP contribution in [0.1, 0.15) is 45.2 Å². The molecule has 2 heterocycles. The van der Waals surface area contributed by atoms with Crippen molar-refractivity contribution in [2.45, 2.75) is 51.7 Å². The van der Waals surface area contributed by atoms with Gasteiger partial charge in [0, 0.05) is 17.5 Å². The quantitative estimate of drug-likeness (QED) is 0.192. The van der Waals surface area contributed by atoms with Gasteiger partial charge in [-0.15, -0.1) is 0 Å². The van der Waals surface area contributed by atoms with Gasteiger partial charge >= 0.3 is 13.6 Å². The molecule has 0 amide bonds. The molecule has 7 atom stereocenters. The van der Waals surface area contributed by atoms with E-state index in [9.17, 15) is 24.8 Å². The minimum Gasteiger partial charge on any atom is -0.465 e. The van der Waals surface area contributed by atoms with Gasteiger partial charge in [-0.2, -0.15) is 10.4 Å². The first-order valence-electron chi connectivity index (χ1n) is 14.1. The van der Waals surface area contributed by atoms with E-state index in [1.807, 2.05) is 13.8 Å². The Morgan fingerprint density at radius 2 is 1.88 bits per heavy atom. The summed E-state index contributed by atoms with van der Waals surface area (Å²) in [4.78, 5) is 16.8. The highest BCUT2D eigenvalue weighted by Gasteiger charge is 2.52. The molecular formula is C29H38N5O7P. The molecule has 3 aromatic rings. The summed E-state index contributed by atoms with van der Waals surface area (Å²) in [6.45, 7) is 5.58. The first-order valence-corrected chi connectivity index (χ1v) is 15.8. The third-order valence-corrected chi connectivity index (χ3v) is 10.00. The zero-order valence-corrected chi connectivity index (χ0v) is 24.8. The largest absolute Gasteiger partial charge is 0.465 e. The third-order valence-electron chi connectivity index (χ3n) is 7.97. The molecule has 1 aromatic carbocycles. The fourth-order valence-electron chi connectivity index (χ4n) is 5.38. The molecule has 1 aliphatic rings. The lowest BCUT2D eigenvalue weighted by Crippen LogP contribution is -2.30. The minimum atomic E-state index is -4.03. The van der Waals surface area contributed by atoms with Crippen molar-refractivity contribution in [1.82, 2.24) is 14.6 Å². The summed E-state index contributed by atoms with van der Waals surface area (Å²) in [5.74, 6) is -3.24. The molecule has 0 aliphatic heterocycles. The van der Waals surface area contributed by atoms with Crippen LogP contribution >= 0.6 is 7.60 Å². The maximum absolute atomic E-state index is 14.2. The SMILES string of the molecule is CCC(CC)COC(=O)[C@H](C)C[P@](=O)(OC[C@H]1C(c2ccc3c(N)ncnn23)[C@H](C#N)[C@H](O)[C@@H]1O)Oc1ccccc1. The number of carbonyl (C=O) groups is 1. The number of hydrogen-bond donors (Lipinski definition) is 3. The molecule has 0 bridgehead atoms. The number of aromatic nitrogens is 3. The van der Waals surface area contributed by atoms with Crippen LogP contribution in [0.15, 0.2) is 48.8 Å². The number of nitrogens with zero attached hydrogens (tertiary/aromatic N) is 4. The first kappa shape index (κ1) is 31.4. The van der Waals surface area contributed by atoms with Gasteiger partial charge in [0.15, 0.2) is 5.82 Å². The third kappa shape index (κ3) is 6.76. The monoisotopic (exact) mass is 599 g/mol. The number of anilines is 1. The van der Waals surface area contributed by atoms with Gasteiger partial charge < -0.3 is 25.2 Å². The zero-order chi connectivity index (χ0) is 30.4. The van der Waals surface area contributed by atoms with Crippen LogP contribution in [0, 0.1) is 35.0 Å². The van der Waals surface area contributed by atoms with Crippen LogP contribution in [0.3, 0.4) is 0 Å². The maximum atomic E-state index is 14.2. The van der Waals surface area contributed by atoms with Gasteiger partial charge in [-0.25, -0.2) is 14.1 Å². The van der Waals surface area contributed by atoms with Crippen molar-refractivity contribution >= 4 is 24.9 Å². The Morgan fingerprint density at radius 3 is 2.55 bits per heavy atom. The van der Waals surface area contributed by atoms with Gasteiger partial charge in [0.1, 0.15) is 17.6 Å². The van der Waals surface area contributed by atoms with Crippen LogP contribution in [0.2, 0.25) is 0 Å². The number of fused-ring (bicyclic) bond motifs is 1. The highest BCUT2D eigenvalue weighted by molar-refractivity contribution is 7.54. The Kier molecular flexibility index (Phi) is 10.2. The number of esters is 1. The maximum Gasteiger partial charge on any atom is 0.380 e. The smallest absolute Gasteiger partial charge is 0.380 e. The molecule has 12 nitrogen and oxygen atoms in total. The molecule has 4 N–H and O–H groups in total. The summed E-state index contributed by atoms with van der Waals surface area (Å²) < 4.78 is 33.0. The van der Waals surface area contributed by atoms with Crippen molar-refractivity contribution in [1.29, 1.82) is 5.26 Å². The second-order valence-electron chi connectivity index (χ2n) is 10.7. The molecular weight excluding hydrogens is 561 g/mol. The molecule has 0 saturated heterocycles. The lowest BCUT2D eigenvalue weighted by molar-refractivity contribution is -0.148. The van der Waals surface area contributed by atoms with Crippen LogP contribution in [-0.2, 0) is 18.6 Å². The Labute approximate surface area is 244 Å². The van der Waals surface area contributed by atoms with Gasteiger partial charge in [-0.05, 0) is 30.2 Å². The number of aliphatic hydroxyl groups is 2. The average Bonchev–Trinajstić information content (AvgIpc) is 3.51.